The molecule has 3 aromatic rings. The first-order valence-electron chi connectivity index (χ1n) is 11.2. The van der Waals surface area contributed by atoms with Crippen molar-refractivity contribution in [3.63, 3.8) is 0 Å². The zero-order chi connectivity index (χ0) is 27.6. The molecule has 38 heavy (non-hydrogen) atoms. The van der Waals surface area contributed by atoms with Crippen molar-refractivity contribution in [1.82, 2.24) is 4.98 Å². The topological polar surface area (TPSA) is 98.2 Å². The van der Waals surface area contributed by atoms with Crippen LogP contribution in [0.3, 0.4) is 0 Å². The maximum Gasteiger partial charge on any atom is 0.433 e. The molecule has 1 N–H and O–H groups in total. The molecule has 0 radical (unpaired) electrons. The van der Waals surface area contributed by atoms with Gasteiger partial charge in [0, 0.05) is 34.0 Å². The molecule has 2 aromatic carbocycles. The molecule has 8 nitrogen and oxygen atoms in total. The van der Waals surface area contributed by atoms with E-state index in [1.54, 1.807) is 18.2 Å². The first kappa shape index (κ1) is 27.2. The lowest BCUT2D eigenvalue weighted by molar-refractivity contribution is -0.149. The van der Waals surface area contributed by atoms with Gasteiger partial charge in [0.15, 0.2) is 5.69 Å². The molecule has 0 spiro atoms. The quantitative estimate of drug-likeness (QED) is 0.428. The Morgan fingerprint density at radius 3 is 2.55 bits per heavy atom. The molecule has 1 aliphatic rings. The normalized spacial score (nSPS) is 17.5. The maximum absolute atomic E-state index is 13.9. The van der Waals surface area contributed by atoms with Crippen LogP contribution in [-0.2, 0) is 27.0 Å². The first-order chi connectivity index (χ1) is 18.0. The van der Waals surface area contributed by atoms with E-state index < -0.39 is 42.4 Å². The molecule has 0 fully saturated rings. The Morgan fingerprint density at radius 1 is 1.13 bits per heavy atom. The summed E-state index contributed by atoms with van der Waals surface area (Å²) < 4.78 is 58.3. The Kier molecular flexibility index (Phi) is 7.79. The number of carboxylic acid groups (broad SMARTS) is 1. The number of rotatable bonds is 7. The highest BCUT2D eigenvalue weighted by Crippen LogP contribution is 2.44. The van der Waals surface area contributed by atoms with E-state index in [9.17, 15) is 27.9 Å². The fraction of sp³-hybridized carbons (Fsp3) is 0.269. The second-order valence-electron chi connectivity index (χ2n) is 8.35. The van der Waals surface area contributed by atoms with Crippen molar-refractivity contribution < 1.29 is 42.1 Å². The SMILES string of the molecule is COc1ccc(CN2C(=O)C(CC(=O)O)OC(c3cccnc3C(F)(F)F)c3cc(Cl)ccc32)c(OC)c1. The van der Waals surface area contributed by atoms with Crippen molar-refractivity contribution in [2.24, 2.45) is 0 Å². The van der Waals surface area contributed by atoms with Crippen molar-refractivity contribution in [3.8, 4) is 11.5 Å². The van der Waals surface area contributed by atoms with Gasteiger partial charge < -0.3 is 24.2 Å². The number of hydrogen-bond donors (Lipinski definition) is 1. The summed E-state index contributed by atoms with van der Waals surface area (Å²) in [5.74, 6) is -1.23. The number of benzene rings is 2. The van der Waals surface area contributed by atoms with E-state index in [-0.39, 0.29) is 28.4 Å². The third kappa shape index (κ3) is 5.53. The summed E-state index contributed by atoms with van der Waals surface area (Å²) in [6.45, 7) is -0.105. The lowest BCUT2D eigenvalue weighted by Crippen LogP contribution is -2.40. The van der Waals surface area contributed by atoms with Crippen LogP contribution in [0.4, 0.5) is 18.9 Å². The van der Waals surface area contributed by atoms with Gasteiger partial charge in [-0.3, -0.25) is 14.6 Å². The highest BCUT2D eigenvalue weighted by molar-refractivity contribution is 6.30. The number of amides is 1. The van der Waals surface area contributed by atoms with Gasteiger partial charge in [-0.2, -0.15) is 13.2 Å². The summed E-state index contributed by atoms with van der Waals surface area (Å²) in [4.78, 5) is 30.1. The Balaban J connectivity index is 1.92. The summed E-state index contributed by atoms with van der Waals surface area (Å²) in [5.41, 5.74) is -0.720. The van der Waals surface area contributed by atoms with E-state index in [4.69, 9.17) is 25.8 Å². The van der Waals surface area contributed by atoms with Crippen molar-refractivity contribution >= 4 is 29.2 Å². The number of aliphatic carboxylic acids is 1. The molecule has 1 amide bonds. The van der Waals surface area contributed by atoms with Crippen LogP contribution < -0.4 is 14.4 Å². The number of pyridine rings is 1. The Bertz CT molecular complexity index is 1370. The standard InChI is InChI=1S/C26H22ClF3N2O6/c1-36-16-7-5-14(20(11-16)37-2)13-32-19-8-6-15(27)10-18(19)23(38-21(25(32)35)12-22(33)34)17-4-3-9-31-24(17)26(28,29)30/h3-11,21,23H,12-13H2,1-2H3,(H,33,34). The summed E-state index contributed by atoms with van der Waals surface area (Å²) in [5, 5.41) is 9.68. The van der Waals surface area contributed by atoms with Gasteiger partial charge in [0.2, 0.25) is 0 Å². The zero-order valence-electron chi connectivity index (χ0n) is 20.2. The van der Waals surface area contributed by atoms with Gasteiger partial charge in [-0.25, -0.2) is 0 Å². The fourth-order valence-electron chi connectivity index (χ4n) is 4.29. The number of hydrogen-bond acceptors (Lipinski definition) is 6. The van der Waals surface area contributed by atoms with Crippen LogP contribution in [0.25, 0.3) is 0 Å². The van der Waals surface area contributed by atoms with Crippen LogP contribution in [0.15, 0.2) is 54.7 Å². The highest BCUT2D eigenvalue weighted by Gasteiger charge is 2.43. The number of ether oxygens (including phenoxy) is 3. The number of nitrogens with zero attached hydrogens (tertiary/aromatic N) is 2. The molecule has 1 aliphatic heterocycles. The van der Waals surface area contributed by atoms with Gasteiger partial charge in [-0.15, -0.1) is 0 Å². The van der Waals surface area contributed by atoms with Crippen LogP contribution in [-0.4, -0.2) is 42.3 Å². The van der Waals surface area contributed by atoms with Crippen molar-refractivity contribution in [3.05, 3.63) is 82.1 Å². The number of fused-ring (bicyclic) bond motifs is 1. The molecule has 0 saturated heterocycles. The lowest BCUT2D eigenvalue weighted by atomic mass is 9.97. The molecule has 2 atom stereocenters. The molecule has 200 valence electrons. The fourth-order valence-corrected chi connectivity index (χ4v) is 4.47. The van der Waals surface area contributed by atoms with Gasteiger partial charge in [-0.05, 0) is 36.4 Å². The van der Waals surface area contributed by atoms with Crippen molar-refractivity contribution in [2.45, 2.75) is 31.3 Å². The van der Waals surface area contributed by atoms with Gasteiger partial charge in [-0.1, -0.05) is 17.7 Å². The van der Waals surface area contributed by atoms with Crippen LogP contribution >= 0.6 is 11.6 Å². The smallest absolute Gasteiger partial charge is 0.433 e. The van der Waals surface area contributed by atoms with E-state index in [2.05, 4.69) is 4.98 Å². The highest BCUT2D eigenvalue weighted by atomic mass is 35.5. The minimum atomic E-state index is -4.84. The molecule has 2 heterocycles. The van der Waals surface area contributed by atoms with Crippen molar-refractivity contribution in [1.29, 1.82) is 0 Å². The number of alkyl halides is 3. The van der Waals surface area contributed by atoms with Crippen LogP contribution in [0.1, 0.15) is 34.9 Å². The first-order valence-corrected chi connectivity index (χ1v) is 11.6. The van der Waals surface area contributed by atoms with Crippen LogP contribution in [0, 0.1) is 0 Å². The molecule has 12 heteroatoms. The molecular weight excluding hydrogens is 529 g/mol. The number of anilines is 1. The Labute approximate surface area is 220 Å². The second-order valence-corrected chi connectivity index (χ2v) is 8.78. The third-order valence-electron chi connectivity index (χ3n) is 5.98. The summed E-state index contributed by atoms with van der Waals surface area (Å²) in [6.07, 6.45) is -7.74. The molecular formula is C26H22ClF3N2O6. The van der Waals surface area contributed by atoms with E-state index in [0.29, 0.717) is 17.1 Å². The van der Waals surface area contributed by atoms with E-state index >= 15 is 0 Å². The largest absolute Gasteiger partial charge is 0.497 e. The van der Waals surface area contributed by atoms with Gasteiger partial charge in [0.05, 0.1) is 32.9 Å². The second kappa shape index (κ2) is 10.9. The van der Waals surface area contributed by atoms with Gasteiger partial charge >= 0.3 is 12.1 Å². The van der Waals surface area contributed by atoms with Crippen LogP contribution in [0.2, 0.25) is 5.02 Å². The Hall–Kier alpha value is -3.83. The molecule has 0 bridgehead atoms. The number of carbonyl (C=O) groups is 2. The average molecular weight is 551 g/mol. The zero-order valence-corrected chi connectivity index (χ0v) is 20.9. The monoisotopic (exact) mass is 550 g/mol. The number of methoxy groups -OCH3 is 2. The molecule has 0 saturated carbocycles. The number of carboxylic acids is 1. The molecule has 0 aliphatic carbocycles. The lowest BCUT2D eigenvalue weighted by Gasteiger charge is -2.26. The van der Waals surface area contributed by atoms with E-state index in [1.165, 1.54) is 49.5 Å². The van der Waals surface area contributed by atoms with E-state index in [0.717, 1.165) is 6.20 Å². The molecule has 2 unspecified atom stereocenters. The predicted molar refractivity (Wildman–Crippen MR) is 130 cm³/mol. The average Bonchev–Trinajstić information content (AvgIpc) is 2.98. The number of carbonyl (C=O) groups excluding carboxylic acids is 1. The third-order valence-corrected chi connectivity index (χ3v) is 6.21. The minimum absolute atomic E-state index is 0.105. The molecule has 4 rings (SSSR count). The van der Waals surface area contributed by atoms with E-state index in [1.807, 2.05) is 0 Å². The van der Waals surface area contributed by atoms with Gasteiger partial charge in [0.1, 0.15) is 23.7 Å². The van der Waals surface area contributed by atoms with Crippen LogP contribution in [0.5, 0.6) is 11.5 Å². The van der Waals surface area contributed by atoms with Crippen molar-refractivity contribution in [2.75, 3.05) is 19.1 Å². The molecule has 1 aromatic heterocycles. The predicted octanol–water partition coefficient (Wildman–Crippen LogP) is 5.27. The summed E-state index contributed by atoms with van der Waals surface area (Å²) in [7, 11) is 2.91. The summed E-state index contributed by atoms with van der Waals surface area (Å²) >= 11 is 6.23. The minimum Gasteiger partial charge on any atom is -0.497 e. The maximum atomic E-state index is 13.9. The summed E-state index contributed by atoms with van der Waals surface area (Å²) in [6, 6.07) is 11.8. The van der Waals surface area contributed by atoms with Gasteiger partial charge in [0.25, 0.3) is 5.91 Å². The number of halogens is 4. The Morgan fingerprint density at radius 2 is 1.89 bits per heavy atom. The number of aromatic nitrogens is 1.